The highest BCUT2D eigenvalue weighted by molar-refractivity contribution is 8.00. The summed E-state index contributed by atoms with van der Waals surface area (Å²) in [6.07, 6.45) is 1.64. The van der Waals surface area contributed by atoms with E-state index in [1.54, 1.807) is 54.6 Å². The second-order valence-electron chi connectivity index (χ2n) is 9.73. The number of anilines is 2. The van der Waals surface area contributed by atoms with Gasteiger partial charge in [-0.25, -0.2) is 0 Å². The minimum Gasteiger partial charge on any atom is -0.325 e. The van der Waals surface area contributed by atoms with E-state index in [4.69, 9.17) is 11.6 Å². The van der Waals surface area contributed by atoms with Crippen LogP contribution < -0.4 is 16.0 Å². The summed E-state index contributed by atoms with van der Waals surface area (Å²) in [4.78, 5) is 40.7. The molecule has 1 aromatic heterocycles. The zero-order valence-electron chi connectivity index (χ0n) is 23.6. The molecule has 3 amide bonds. The van der Waals surface area contributed by atoms with E-state index in [2.05, 4.69) is 16.0 Å². The topological polar surface area (TPSA) is 87.3 Å². The number of rotatable bonds is 10. The first kappa shape index (κ1) is 30.8. The van der Waals surface area contributed by atoms with Crippen molar-refractivity contribution >= 4 is 69.9 Å². The Morgan fingerprint density at radius 2 is 1.57 bits per heavy atom. The third-order valence-electron chi connectivity index (χ3n) is 6.59. The molecule has 5 rings (SSSR count). The second kappa shape index (κ2) is 14.7. The monoisotopic (exact) mass is 637 g/mol. The van der Waals surface area contributed by atoms with Gasteiger partial charge in [0.05, 0.1) is 0 Å². The van der Waals surface area contributed by atoms with Crippen LogP contribution in [0, 0.1) is 6.92 Å². The van der Waals surface area contributed by atoms with Crippen molar-refractivity contribution in [1.29, 1.82) is 0 Å². The number of amides is 3. The van der Waals surface area contributed by atoms with E-state index in [1.807, 2.05) is 78.3 Å². The van der Waals surface area contributed by atoms with Gasteiger partial charge in [-0.15, -0.1) is 11.8 Å². The van der Waals surface area contributed by atoms with Gasteiger partial charge in [0.1, 0.15) is 10.9 Å². The van der Waals surface area contributed by atoms with Crippen LogP contribution in [0.25, 0.3) is 6.08 Å². The van der Waals surface area contributed by atoms with Crippen LogP contribution in [-0.4, -0.2) is 17.7 Å². The summed E-state index contributed by atoms with van der Waals surface area (Å²) in [7, 11) is 0. The Labute approximate surface area is 269 Å². The molecular weight excluding hydrogens is 610 g/mol. The SMILES string of the molecule is Cc1c(Cl)cccc1NC(=O)C(Sc1cccc(NC(=O)/C(=C/c2ccsc2)NC(=O)c2ccccc2)c1)c1ccccc1. The molecule has 1 atom stereocenters. The largest absolute Gasteiger partial charge is 0.325 e. The molecule has 0 aliphatic heterocycles. The molecule has 0 bridgehead atoms. The molecular formula is C35H28ClN3O3S2. The molecule has 0 saturated carbocycles. The Morgan fingerprint density at radius 3 is 2.30 bits per heavy atom. The van der Waals surface area contributed by atoms with Gasteiger partial charge in [0, 0.05) is 26.9 Å². The molecule has 0 spiro atoms. The highest BCUT2D eigenvalue weighted by Gasteiger charge is 2.23. The lowest BCUT2D eigenvalue weighted by Crippen LogP contribution is -2.30. The van der Waals surface area contributed by atoms with E-state index in [-0.39, 0.29) is 11.6 Å². The van der Waals surface area contributed by atoms with E-state index in [9.17, 15) is 14.4 Å². The molecule has 1 unspecified atom stereocenters. The summed E-state index contributed by atoms with van der Waals surface area (Å²) in [5.74, 6) is -1.07. The van der Waals surface area contributed by atoms with Crippen LogP contribution in [0.4, 0.5) is 11.4 Å². The molecule has 0 aliphatic rings. The van der Waals surface area contributed by atoms with E-state index >= 15 is 0 Å². The van der Waals surface area contributed by atoms with Crippen molar-refractivity contribution in [2.24, 2.45) is 0 Å². The van der Waals surface area contributed by atoms with Crippen molar-refractivity contribution in [3.05, 3.63) is 153 Å². The van der Waals surface area contributed by atoms with E-state index < -0.39 is 17.1 Å². The van der Waals surface area contributed by atoms with Gasteiger partial charge in [-0.2, -0.15) is 11.3 Å². The summed E-state index contributed by atoms with van der Waals surface area (Å²) in [6, 6.07) is 32.7. The van der Waals surface area contributed by atoms with Crippen LogP contribution >= 0.6 is 34.7 Å². The van der Waals surface area contributed by atoms with Gasteiger partial charge in [0.25, 0.3) is 11.8 Å². The van der Waals surface area contributed by atoms with Crippen molar-refractivity contribution in [2.75, 3.05) is 10.6 Å². The lowest BCUT2D eigenvalue weighted by molar-refractivity contribution is -0.116. The van der Waals surface area contributed by atoms with Crippen LogP contribution in [-0.2, 0) is 9.59 Å². The van der Waals surface area contributed by atoms with Crippen molar-refractivity contribution in [1.82, 2.24) is 5.32 Å². The minimum absolute atomic E-state index is 0.105. The van der Waals surface area contributed by atoms with Gasteiger partial charge in [0.15, 0.2) is 0 Å². The van der Waals surface area contributed by atoms with Gasteiger partial charge in [-0.05, 0) is 89.0 Å². The highest BCUT2D eigenvalue weighted by Crippen LogP contribution is 2.38. The maximum absolute atomic E-state index is 13.6. The number of thiophene rings is 1. The number of hydrogen-bond acceptors (Lipinski definition) is 5. The number of carbonyl (C=O) groups excluding carboxylic acids is 3. The molecule has 0 radical (unpaired) electrons. The fourth-order valence-corrected chi connectivity index (χ4v) is 6.17. The highest BCUT2D eigenvalue weighted by atomic mass is 35.5. The summed E-state index contributed by atoms with van der Waals surface area (Å²) >= 11 is 9.14. The summed E-state index contributed by atoms with van der Waals surface area (Å²) < 4.78 is 0. The molecule has 44 heavy (non-hydrogen) atoms. The average Bonchev–Trinajstić information content (AvgIpc) is 3.56. The summed E-state index contributed by atoms with van der Waals surface area (Å²) in [5, 5.41) is 12.5. The number of benzene rings is 4. The Morgan fingerprint density at radius 1 is 0.841 bits per heavy atom. The van der Waals surface area contributed by atoms with Gasteiger partial charge in [0.2, 0.25) is 5.91 Å². The standard InChI is InChI=1S/C35H28ClN3O3S2/c1-23-29(36)16-9-17-30(23)38-35(42)32(25-10-4-2-5-11-25)44-28-15-8-14-27(21-28)37-34(41)31(20-24-18-19-43-22-24)39-33(40)26-12-6-3-7-13-26/h2-22,32H,1H3,(H,37,41)(H,38,42)(H,39,40)/b31-20-. The molecule has 0 aliphatic carbocycles. The van der Waals surface area contributed by atoms with Crippen molar-refractivity contribution < 1.29 is 14.4 Å². The van der Waals surface area contributed by atoms with Gasteiger partial charge in [-0.1, -0.05) is 72.3 Å². The predicted octanol–water partition coefficient (Wildman–Crippen LogP) is 8.59. The number of carbonyl (C=O) groups is 3. The van der Waals surface area contributed by atoms with Crippen LogP contribution in [0.15, 0.2) is 131 Å². The van der Waals surface area contributed by atoms with Gasteiger partial charge in [-0.3, -0.25) is 14.4 Å². The number of nitrogens with one attached hydrogen (secondary N) is 3. The lowest BCUT2D eigenvalue weighted by Gasteiger charge is -2.19. The fraction of sp³-hybridized carbons (Fsp3) is 0.0571. The van der Waals surface area contributed by atoms with Crippen LogP contribution in [0.1, 0.15) is 32.3 Å². The van der Waals surface area contributed by atoms with Gasteiger partial charge < -0.3 is 16.0 Å². The summed E-state index contributed by atoms with van der Waals surface area (Å²) in [5.41, 5.74) is 4.12. The van der Waals surface area contributed by atoms with Crippen LogP contribution in [0.3, 0.4) is 0 Å². The quantitative estimate of drug-likeness (QED) is 0.106. The average molecular weight is 638 g/mol. The number of halogens is 1. The molecule has 6 nitrogen and oxygen atoms in total. The molecule has 5 aromatic rings. The Balaban J connectivity index is 1.36. The minimum atomic E-state index is -0.584. The molecule has 0 fully saturated rings. The third kappa shape index (κ3) is 8.05. The first-order valence-corrected chi connectivity index (χ1v) is 15.9. The fourth-order valence-electron chi connectivity index (χ4n) is 4.29. The zero-order valence-corrected chi connectivity index (χ0v) is 26.0. The van der Waals surface area contributed by atoms with Crippen molar-refractivity contribution in [3.8, 4) is 0 Å². The molecule has 4 aromatic carbocycles. The normalized spacial score (nSPS) is 11.8. The molecule has 3 N–H and O–H groups in total. The van der Waals surface area contributed by atoms with Gasteiger partial charge >= 0.3 is 0 Å². The first-order valence-electron chi connectivity index (χ1n) is 13.7. The first-order chi connectivity index (χ1) is 21.4. The molecule has 1 heterocycles. The maximum Gasteiger partial charge on any atom is 0.272 e. The number of thioether (sulfide) groups is 1. The Kier molecular flexibility index (Phi) is 10.3. The Hall–Kier alpha value is -4.63. The second-order valence-corrected chi connectivity index (χ2v) is 12.1. The Bertz CT molecular complexity index is 1790. The third-order valence-corrected chi connectivity index (χ3v) is 8.95. The molecule has 0 saturated heterocycles. The number of hydrogen-bond donors (Lipinski definition) is 3. The van der Waals surface area contributed by atoms with Crippen molar-refractivity contribution in [2.45, 2.75) is 17.1 Å². The van der Waals surface area contributed by atoms with Crippen LogP contribution in [0.2, 0.25) is 5.02 Å². The predicted molar refractivity (Wildman–Crippen MR) is 181 cm³/mol. The van der Waals surface area contributed by atoms with E-state index in [0.717, 1.165) is 21.6 Å². The summed E-state index contributed by atoms with van der Waals surface area (Å²) in [6.45, 7) is 1.86. The van der Waals surface area contributed by atoms with Crippen LogP contribution in [0.5, 0.6) is 0 Å². The smallest absolute Gasteiger partial charge is 0.272 e. The molecule has 220 valence electrons. The maximum atomic E-state index is 13.6. The van der Waals surface area contributed by atoms with Crippen molar-refractivity contribution in [3.63, 3.8) is 0 Å². The van der Waals surface area contributed by atoms with E-state index in [1.165, 1.54) is 23.1 Å². The lowest BCUT2D eigenvalue weighted by atomic mass is 10.1. The van der Waals surface area contributed by atoms with E-state index in [0.29, 0.717) is 22.0 Å². The zero-order chi connectivity index (χ0) is 30.9. The molecule has 9 heteroatoms.